The van der Waals surface area contributed by atoms with Gasteiger partial charge in [0.15, 0.2) is 0 Å². The second kappa shape index (κ2) is 4.59. The zero-order valence-electron chi connectivity index (χ0n) is 8.54. The molecule has 16 heavy (non-hydrogen) atoms. The molecule has 0 aromatic heterocycles. The lowest BCUT2D eigenvalue weighted by Gasteiger charge is -2.11. The van der Waals surface area contributed by atoms with Crippen molar-refractivity contribution in [1.82, 2.24) is 0 Å². The lowest BCUT2D eigenvalue weighted by Crippen LogP contribution is -2.25. The number of nitrogens with zero attached hydrogens (tertiary/aromatic N) is 1. The molecule has 3 heteroatoms. The largest absolute Gasteiger partial charge is 0.284 e. The Morgan fingerprint density at radius 3 is 1.88 bits per heavy atom. The zero-order chi connectivity index (χ0) is 11.4. The first-order valence-electron chi connectivity index (χ1n) is 4.91. The maximum atomic E-state index is 11.8. The van der Waals surface area contributed by atoms with Crippen molar-refractivity contribution in [3.8, 4) is 0 Å². The van der Waals surface area contributed by atoms with E-state index in [1.54, 1.807) is 60.7 Å². The normalized spacial score (nSPS) is 9.81. The van der Waals surface area contributed by atoms with Crippen LogP contribution in [0.4, 0.5) is 5.69 Å². The van der Waals surface area contributed by atoms with Gasteiger partial charge in [0.05, 0.1) is 5.69 Å². The van der Waals surface area contributed by atoms with E-state index >= 15 is 0 Å². The van der Waals surface area contributed by atoms with E-state index in [0.29, 0.717) is 16.3 Å². The Labute approximate surface area is 93.5 Å². The number of benzene rings is 2. The smallest absolute Gasteiger partial charge is 0.266 e. The fraction of sp³-hybridized carbons (Fsp3) is 0. The number of carbonyl (C=O) groups is 1. The van der Waals surface area contributed by atoms with E-state index in [-0.39, 0.29) is 0 Å². The van der Waals surface area contributed by atoms with Crippen molar-refractivity contribution in [3.05, 3.63) is 66.2 Å². The monoisotopic (exact) mass is 212 g/mol. The summed E-state index contributed by atoms with van der Waals surface area (Å²) >= 11 is 0. The fourth-order valence-corrected chi connectivity index (χ4v) is 1.38. The van der Waals surface area contributed by atoms with Crippen molar-refractivity contribution < 1.29 is 10.0 Å². The van der Waals surface area contributed by atoms with Crippen LogP contribution >= 0.6 is 0 Å². The van der Waals surface area contributed by atoms with Crippen molar-refractivity contribution in [3.63, 3.8) is 0 Å². The summed E-state index contributed by atoms with van der Waals surface area (Å²) in [4.78, 5) is 11.8. The molecule has 0 heterocycles. The van der Waals surface area contributed by atoms with E-state index in [4.69, 9.17) is 0 Å². The summed E-state index contributed by atoms with van der Waals surface area (Å²) in [5.74, 6) is -0.549. The van der Waals surface area contributed by atoms with Crippen LogP contribution in [-0.2, 0) is 5.21 Å². The number of carbonyl (C=O) groups excluding carboxylic acids is 1. The highest BCUT2D eigenvalue weighted by Gasteiger charge is 2.15. The molecule has 0 bridgehead atoms. The number of rotatable bonds is 2. The van der Waals surface area contributed by atoms with Crippen LogP contribution in [0.25, 0.3) is 0 Å². The highest BCUT2D eigenvalue weighted by atomic mass is 16.5. The SMILES string of the molecule is [O]N(C(=O)c1ccccc1)c1ccccc1. The number of hydrogen-bond acceptors (Lipinski definition) is 1. The first-order valence-corrected chi connectivity index (χ1v) is 4.91. The van der Waals surface area contributed by atoms with Crippen LogP contribution in [0.3, 0.4) is 0 Å². The molecule has 0 aliphatic carbocycles. The van der Waals surface area contributed by atoms with E-state index in [2.05, 4.69) is 0 Å². The Bertz CT molecular complexity index is 468. The van der Waals surface area contributed by atoms with E-state index in [0.717, 1.165) is 0 Å². The molecule has 0 N–H and O–H groups in total. The molecule has 2 rings (SSSR count). The Balaban J connectivity index is 2.24. The van der Waals surface area contributed by atoms with E-state index in [9.17, 15) is 10.0 Å². The fourth-order valence-electron chi connectivity index (χ4n) is 1.38. The molecule has 2 aromatic carbocycles. The predicted molar refractivity (Wildman–Crippen MR) is 60.4 cm³/mol. The van der Waals surface area contributed by atoms with Crippen LogP contribution in [-0.4, -0.2) is 5.91 Å². The number of hydroxylamine groups is 1. The molecule has 1 amide bonds. The third-order valence-corrected chi connectivity index (χ3v) is 2.20. The quantitative estimate of drug-likeness (QED) is 0.705. The van der Waals surface area contributed by atoms with Crippen molar-refractivity contribution in [2.24, 2.45) is 0 Å². The summed E-state index contributed by atoms with van der Waals surface area (Å²) < 4.78 is 0. The van der Waals surface area contributed by atoms with Gasteiger partial charge in [-0.1, -0.05) is 41.6 Å². The molecule has 0 aliphatic rings. The first-order chi connectivity index (χ1) is 7.79. The zero-order valence-corrected chi connectivity index (χ0v) is 8.54. The lowest BCUT2D eigenvalue weighted by molar-refractivity contribution is 0.0741. The van der Waals surface area contributed by atoms with Gasteiger partial charge in [-0.05, 0) is 24.3 Å². The van der Waals surface area contributed by atoms with Gasteiger partial charge in [0.25, 0.3) is 5.91 Å². The standard InChI is InChI=1S/C13H10NO2/c15-13(11-7-3-1-4-8-11)14(16)12-9-5-2-6-10-12/h1-10H. The van der Waals surface area contributed by atoms with E-state index in [1.807, 2.05) is 0 Å². The topological polar surface area (TPSA) is 40.2 Å². The van der Waals surface area contributed by atoms with Crippen molar-refractivity contribution in [2.45, 2.75) is 0 Å². The molecule has 2 aromatic rings. The van der Waals surface area contributed by atoms with Gasteiger partial charge in [-0.2, -0.15) is 0 Å². The van der Waals surface area contributed by atoms with Crippen molar-refractivity contribution >= 4 is 11.6 Å². The molecule has 79 valence electrons. The van der Waals surface area contributed by atoms with Gasteiger partial charge in [-0.3, -0.25) is 4.79 Å². The van der Waals surface area contributed by atoms with Crippen molar-refractivity contribution in [1.29, 1.82) is 0 Å². The van der Waals surface area contributed by atoms with Crippen LogP contribution in [0.1, 0.15) is 10.4 Å². The molecular formula is C13H10NO2. The van der Waals surface area contributed by atoms with Crippen LogP contribution in [0, 0.1) is 0 Å². The molecule has 0 saturated carbocycles. The number of hydrogen-bond donors (Lipinski definition) is 0. The third-order valence-electron chi connectivity index (χ3n) is 2.20. The molecule has 0 saturated heterocycles. The molecule has 0 fully saturated rings. The van der Waals surface area contributed by atoms with Gasteiger partial charge in [0.1, 0.15) is 0 Å². The molecular weight excluding hydrogens is 202 g/mol. The summed E-state index contributed by atoms with van der Waals surface area (Å²) in [5.41, 5.74) is 0.734. The molecule has 0 spiro atoms. The second-order valence-electron chi connectivity index (χ2n) is 3.30. The van der Waals surface area contributed by atoms with Crippen LogP contribution in [0.5, 0.6) is 0 Å². The minimum atomic E-state index is -0.549. The third kappa shape index (κ3) is 2.10. The summed E-state index contributed by atoms with van der Waals surface area (Å²) in [7, 11) is 0. The van der Waals surface area contributed by atoms with Gasteiger partial charge in [0, 0.05) is 5.56 Å². The Hall–Kier alpha value is -2.13. The summed E-state index contributed by atoms with van der Waals surface area (Å²) in [6.45, 7) is 0. The number of anilines is 1. The lowest BCUT2D eigenvalue weighted by atomic mass is 10.2. The molecule has 0 aliphatic heterocycles. The van der Waals surface area contributed by atoms with Gasteiger partial charge in [-0.25, -0.2) is 0 Å². The van der Waals surface area contributed by atoms with Crippen LogP contribution in [0.2, 0.25) is 0 Å². The van der Waals surface area contributed by atoms with Gasteiger partial charge < -0.3 is 0 Å². The van der Waals surface area contributed by atoms with Gasteiger partial charge >= 0.3 is 0 Å². The molecule has 1 radical (unpaired) electrons. The number of para-hydroxylation sites is 1. The van der Waals surface area contributed by atoms with E-state index < -0.39 is 5.91 Å². The molecule has 0 unspecified atom stereocenters. The Morgan fingerprint density at radius 1 is 0.812 bits per heavy atom. The highest BCUT2D eigenvalue weighted by molar-refractivity contribution is 6.04. The summed E-state index contributed by atoms with van der Waals surface area (Å²) in [5, 5.41) is 12.1. The summed E-state index contributed by atoms with van der Waals surface area (Å²) in [6.07, 6.45) is 0. The average Bonchev–Trinajstić information content (AvgIpc) is 2.39. The maximum absolute atomic E-state index is 11.8. The Kier molecular flexibility index (Phi) is 2.98. The van der Waals surface area contributed by atoms with Gasteiger partial charge in [-0.15, -0.1) is 5.06 Å². The Morgan fingerprint density at radius 2 is 1.31 bits per heavy atom. The predicted octanol–water partition coefficient (Wildman–Crippen LogP) is 2.68. The van der Waals surface area contributed by atoms with Crippen molar-refractivity contribution in [2.75, 3.05) is 5.06 Å². The second-order valence-corrected chi connectivity index (χ2v) is 3.30. The average molecular weight is 212 g/mol. The highest BCUT2D eigenvalue weighted by Crippen LogP contribution is 2.14. The molecule has 0 atom stereocenters. The van der Waals surface area contributed by atoms with Gasteiger partial charge in [0.2, 0.25) is 0 Å². The minimum Gasteiger partial charge on any atom is -0.266 e. The van der Waals surface area contributed by atoms with Crippen LogP contribution in [0.15, 0.2) is 60.7 Å². The van der Waals surface area contributed by atoms with E-state index in [1.165, 1.54) is 0 Å². The van der Waals surface area contributed by atoms with Crippen LogP contribution < -0.4 is 5.06 Å². The minimum absolute atomic E-state index is 0.344. The molecule has 3 nitrogen and oxygen atoms in total. The number of amides is 1. The first kappa shape index (κ1) is 10.4. The summed E-state index contributed by atoms with van der Waals surface area (Å²) in [6, 6.07) is 16.9. The maximum Gasteiger partial charge on any atom is 0.284 e.